The molecule has 1 heterocycles. The molecule has 2 atom stereocenters. The number of carbonyl (C=O) groups excluding carboxylic acids is 1. The van der Waals surface area contributed by atoms with Crippen LogP contribution in [0.2, 0.25) is 0 Å². The van der Waals surface area contributed by atoms with Crippen molar-refractivity contribution in [3.05, 3.63) is 68.7 Å². The van der Waals surface area contributed by atoms with Crippen LogP contribution in [0.1, 0.15) is 41.6 Å². The van der Waals surface area contributed by atoms with Crippen molar-refractivity contribution >= 4 is 34.6 Å². The van der Waals surface area contributed by atoms with Gasteiger partial charge >= 0.3 is 11.9 Å². The fourth-order valence-electron chi connectivity index (χ4n) is 4.11. The number of Topliss-reactive ketones (excluding diaryl/α,β-unsaturated/α-hetero) is 1. The van der Waals surface area contributed by atoms with Gasteiger partial charge in [-0.3, -0.25) is 9.59 Å². The summed E-state index contributed by atoms with van der Waals surface area (Å²) in [5.74, 6) is -4.59. The number of rotatable bonds is 6. The molecule has 3 rings (SSSR count). The number of aliphatic carboxylic acids is 2. The Bertz CT molecular complexity index is 1080. The van der Waals surface area contributed by atoms with E-state index in [-0.39, 0.29) is 16.8 Å². The zero-order chi connectivity index (χ0) is 22.2. The van der Waals surface area contributed by atoms with E-state index in [1.165, 1.54) is 24.3 Å². The molecule has 0 fully saturated rings. The van der Waals surface area contributed by atoms with Crippen LogP contribution < -0.4 is 5.73 Å². The average molecular weight is 426 g/mol. The Morgan fingerprint density at radius 3 is 2.23 bits per heavy atom. The highest BCUT2D eigenvalue weighted by molar-refractivity contribution is 7.09. The molecule has 7 nitrogen and oxygen atoms in total. The summed E-state index contributed by atoms with van der Waals surface area (Å²) in [6.45, 7) is 4.81. The summed E-state index contributed by atoms with van der Waals surface area (Å²) in [5, 5.41) is 22.6. The number of benzene rings is 1. The van der Waals surface area contributed by atoms with Gasteiger partial charge in [0.25, 0.3) is 0 Å². The minimum absolute atomic E-state index is 0.163. The summed E-state index contributed by atoms with van der Waals surface area (Å²) in [5.41, 5.74) is 5.80. The van der Waals surface area contributed by atoms with Gasteiger partial charge in [-0.1, -0.05) is 30.3 Å². The first-order valence-electron chi connectivity index (χ1n) is 9.26. The van der Waals surface area contributed by atoms with Gasteiger partial charge in [0, 0.05) is 11.9 Å². The van der Waals surface area contributed by atoms with Crippen molar-refractivity contribution in [2.45, 2.75) is 33.2 Å². The molecule has 0 amide bonds. The maximum Gasteiger partial charge on any atom is 0.332 e. The standard InChI is InChI=1S/C22H22N2O5S/c1-11-8-16(15-6-4-14(9-23)5-7-15)18(20(26)27)19(17-10-30-13(3)24-17)22(11,12(2)25)21(28)29/h4-8,10,19H,9,23H2,1-3H3,(H,26,27)(H,28,29). The lowest BCUT2D eigenvalue weighted by molar-refractivity contribution is -0.152. The molecular weight excluding hydrogens is 404 g/mol. The molecule has 0 bridgehead atoms. The number of aryl methyl sites for hydroxylation is 1. The first-order valence-corrected chi connectivity index (χ1v) is 10.1. The summed E-state index contributed by atoms with van der Waals surface area (Å²) >= 11 is 1.27. The van der Waals surface area contributed by atoms with Crippen LogP contribution >= 0.6 is 11.3 Å². The molecule has 1 aromatic heterocycles. The molecule has 4 N–H and O–H groups in total. The van der Waals surface area contributed by atoms with Crippen molar-refractivity contribution in [3.8, 4) is 0 Å². The summed E-state index contributed by atoms with van der Waals surface area (Å²) < 4.78 is 0. The summed E-state index contributed by atoms with van der Waals surface area (Å²) in [6.07, 6.45) is 1.49. The maximum atomic E-state index is 12.8. The van der Waals surface area contributed by atoms with E-state index < -0.39 is 29.1 Å². The molecule has 2 unspecified atom stereocenters. The van der Waals surface area contributed by atoms with Gasteiger partial charge in [0.1, 0.15) is 0 Å². The molecule has 0 saturated carbocycles. The number of aromatic nitrogens is 1. The lowest BCUT2D eigenvalue weighted by atomic mass is 9.60. The Balaban J connectivity index is 2.40. The van der Waals surface area contributed by atoms with Crippen LogP contribution in [0.5, 0.6) is 0 Å². The number of hydrogen-bond acceptors (Lipinski definition) is 6. The zero-order valence-electron chi connectivity index (χ0n) is 16.8. The maximum absolute atomic E-state index is 12.8. The van der Waals surface area contributed by atoms with E-state index in [2.05, 4.69) is 4.98 Å². The Labute approximate surface area is 177 Å². The average Bonchev–Trinajstić information content (AvgIpc) is 3.12. The lowest BCUT2D eigenvalue weighted by Crippen LogP contribution is -2.48. The number of nitrogens with two attached hydrogens (primary N) is 1. The van der Waals surface area contributed by atoms with E-state index in [0.717, 1.165) is 5.56 Å². The third-order valence-electron chi connectivity index (χ3n) is 5.55. The molecule has 156 valence electrons. The summed E-state index contributed by atoms with van der Waals surface area (Å²) in [6, 6.07) is 7.07. The molecule has 1 aromatic carbocycles. The van der Waals surface area contributed by atoms with Crippen LogP contribution in [0.15, 0.2) is 46.9 Å². The third-order valence-corrected chi connectivity index (χ3v) is 6.34. The molecule has 8 heteroatoms. The molecule has 0 spiro atoms. The van der Waals surface area contributed by atoms with E-state index in [0.29, 0.717) is 22.7 Å². The van der Waals surface area contributed by atoms with Gasteiger partial charge in [-0.25, -0.2) is 9.78 Å². The monoisotopic (exact) mass is 426 g/mol. The van der Waals surface area contributed by atoms with Crippen molar-refractivity contribution in [1.82, 2.24) is 4.98 Å². The van der Waals surface area contributed by atoms with Crippen molar-refractivity contribution in [2.24, 2.45) is 11.1 Å². The number of ketones is 1. The van der Waals surface area contributed by atoms with Gasteiger partial charge in [0.15, 0.2) is 11.2 Å². The third kappa shape index (κ3) is 3.28. The van der Waals surface area contributed by atoms with Crippen molar-refractivity contribution in [3.63, 3.8) is 0 Å². The highest BCUT2D eigenvalue weighted by Gasteiger charge is 2.58. The molecule has 1 aliphatic carbocycles. The van der Waals surface area contributed by atoms with E-state index in [9.17, 15) is 24.6 Å². The van der Waals surface area contributed by atoms with Gasteiger partial charge in [-0.05, 0) is 43.0 Å². The predicted molar refractivity (Wildman–Crippen MR) is 113 cm³/mol. The zero-order valence-corrected chi connectivity index (χ0v) is 17.6. The molecule has 0 aliphatic heterocycles. The van der Waals surface area contributed by atoms with Crippen molar-refractivity contribution in [2.75, 3.05) is 0 Å². The second-order valence-electron chi connectivity index (χ2n) is 7.25. The normalized spacial score (nSPS) is 21.3. The molecule has 1 aliphatic rings. The van der Waals surface area contributed by atoms with Gasteiger partial charge < -0.3 is 15.9 Å². The van der Waals surface area contributed by atoms with Gasteiger partial charge in [-0.15, -0.1) is 11.3 Å². The van der Waals surface area contributed by atoms with Crippen LogP contribution in [0.25, 0.3) is 5.57 Å². The largest absolute Gasteiger partial charge is 0.480 e. The van der Waals surface area contributed by atoms with Crippen LogP contribution in [0.4, 0.5) is 0 Å². The van der Waals surface area contributed by atoms with E-state index in [4.69, 9.17) is 5.73 Å². The Morgan fingerprint density at radius 2 is 1.80 bits per heavy atom. The first kappa shape index (κ1) is 21.6. The predicted octanol–water partition coefficient (Wildman–Crippen LogP) is 3.15. The number of carbonyl (C=O) groups is 3. The smallest absolute Gasteiger partial charge is 0.332 e. The number of carboxylic acid groups (broad SMARTS) is 2. The molecule has 30 heavy (non-hydrogen) atoms. The van der Waals surface area contributed by atoms with Crippen molar-refractivity contribution in [1.29, 1.82) is 0 Å². The second kappa shape index (κ2) is 7.97. The number of nitrogens with zero attached hydrogens (tertiary/aromatic N) is 1. The quantitative estimate of drug-likeness (QED) is 0.605. The van der Waals surface area contributed by atoms with Crippen LogP contribution in [-0.4, -0.2) is 32.9 Å². The topological polar surface area (TPSA) is 131 Å². The Morgan fingerprint density at radius 1 is 1.17 bits per heavy atom. The van der Waals surface area contributed by atoms with E-state index in [1.54, 1.807) is 43.5 Å². The molecule has 0 saturated heterocycles. The lowest BCUT2D eigenvalue weighted by Gasteiger charge is -2.39. The van der Waals surface area contributed by atoms with Gasteiger partial charge in [0.2, 0.25) is 0 Å². The summed E-state index contributed by atoms with van der Waals surface area (Å²) in [7, 11) is 0. The summed E-state index contributed by atoms with van der Waals surface area (Å²) in [4.78, 5) is 42.1. The fourth-order valence-corrected chi connectivity index (χ4v) is 4.75. The highest BCUT2D eigenvalue weighted by atomic mass is 32.1. The Hall–Kier alpha value is -3.10. The number of thiazole rings is 1. The van der Waals surface area contributed by atoms with E-state index >= 15 is 0 Å². The number of hydrogen-bond donors (Lipinski definition) is 3. The van der Waals surface area contributed by atoms with Crippen LogP contribution in [-0.2, 0) is 20.9 Å². The van der Waals surface area contributed by atoms with Gasteiger partial charge in [-0.2, -0.15) is 0 Å². The number of allylic oxidation sites excluding steroid dienone is 2. The van der Waals surface area contributed by atoms with E-state index in [1.807, 2.05) is 0 Å². The number of carboxylic acids is 2. The SMILES string of the molecule is CC(=O)C1(C(=O)O)C(C)=CC(c2ccc(CN)cc2)=C(C(=O)O)C1c1csc(C)n1. The minimum Gasteiger partial charge on any atom is -0.480 e. The molecular formula is C22H22N2O5S. The minimum atomic E-state index is -2.05. The van der Waals surface area contributed by atoms with Crippen LogP contribution in [0, 0.1) is 12.3 Å². The van der Waals surface area contributed by atoms with Crippen molar-refractivity contribution < 1.29 is 24.6 Å². The van der Waals surface area contributed by atoms with Gasteiger partial charge in [0.05, 0.1) is 22.2 Å². The van der Waals surface area contributed by atoms with Crippen LogP contribution in [0.3, 0.4) is 0 Å². The Kier molecular flexibility index (Phi) is 5.74. The fraction of sp³-hybridized carbons (Fsp3) is 0.273. The molecule has 2 aromatic rings. The second-order valence-corrected chi connectivity index (χ2v) is 8.32. The highest BCUT2D eigenvalue weighted by Crippen LogP contribution is 2.53. The molecule has 0 radical (unpaired) electrons. The first-order chi connectivity index (χ1) is 14.1.